The predicted octanol–water partition coefficient (Wildman–Crippen LogP) is 2.55. The second kappa shape index (κ2) is 8.87. The van der Waals surface area contributed by atoms with Crippen LogP contribution in [-0.4, -0.2) is 62.9 Å². The lowest BCUT2D eigenvalue weighted by Gasteiger charge is -2.28. The van der Waals surface area contributed by atoms with Crippen molar-refractivity contribution in [3.05, 3.63) is 65.5 Å². The van der Waals surface area contributed by atoms with Gasteiger partial charge in [-0.05, 0) is 42.9 Å². The van der Waals surface area contributed by atoms with Crippen LogP contribution in [0.1, 0.15) is 31.0 Å². The molecule has 1 aliphatic rings. The maximum absolute atomic E-state index is 12.9. The molecule has 1 unspecified atom stereocenters. The average Bonchev–Trinajstić information content (AvgIpc) is 2.99. The van der Waals surface area contributed by atoms with Gasteiger partial charge in [-0.1, -0.05) is 26.0 Å². The molecular formula is C22H25N3O4. The van der Waals surface area contributed by atoms with Crippen LogP contribution in [0.4, 0.5) is 0 Å². The van der Waals surface area contributed by atoms with Crippen LogP contribution in [0.5, 0.6) is 5.75 Å². The molecule has 0 saturated carbocycles. The number of aliphatic hydroxyl groups is 1. The van der Waals surface area contributed by atoms with Gasteiger partial charge in [0.2, 0.25) is 0 Å². The zero-order chi connectivity index (χ0) is 21.0. The average molecular weight is 395 g/mol. The van der Waals surface area contributed by atoms with Crippen molar-refractivity contribution in [3.8, 4) is 5.75 Å². The highest BCUT2D eigenvalue weighted by molar-refractivity contribution is 6.46. The number of ketones is 1. The summed E-state index contributed by atoms with van der Waals surface area (Å²) in [4.78, 5) is 33.3. The Hall–Kier alpha value is -3.19. The molecule has 0 bridgehead atoms. The number of phenolic OH excluding ortho intramolecular Hbond substituents is 1. The number of pyridine rings is 1. The van der Waals surface area contributed by atoms with Crippen LogP contribution in [-0.2, 0) is 9.59 Å². The number of rotatable bonds is 7. The van der Waals surface area contributed by atoms with Crippen molar-refractivity contribution in [2.45, 2.75) is 19.9 Å². The number of carbonyl (C=O) groups is 2. The van der Waals surface area contributed by atoms with Gasteiger partial charge in [0.05, 0.1) is 11.6 Å². The number of aromatic nitrogens is 1. The van der Waals surface area contributed by atoms with Gasteiger partial charge in [-0.25, -0.2) is 0 Å². The van der Waals surface area contributed by atoms with Gasteiger partial charge in [0, 0.05) is 31.0 Å². The van der Waals surface area contributed by atoms with Crippen molar-refractivity contribution in [2.24, 2.45) is 0 Å². The SMILES string of the molecule is CCN(CC)CCN1C(=O)C(=O)C(=C(O)c2ccncc2)C1c1cccc(O)c1. The number of likely N-dealkylation sites (N-methyl/N-ethyl adjacent to an activating group) is 1. The maximum atomic E-state index is 12.9. The standard InChI is InChI=1S/C22H25N3O4/c1-3-24(4-2)12-13-25-19(16-6-5-7-17(26)14-16)18(21(28)22(25)29)20(27)15-8-10-23-11-9-15/h5-11,14,19,26-27H,3-4,12-13H2,1-2H3. The zero-order valence-electron chi connectivity index (χ0n) is 16.6. The molecule has 7 heteroatoms. The largest absolute Gasteiger partial charge is 0.508 e. The van der Waals surface area contributed by atoms with Crippen LogP contribution in [0.3, 0.4) is 0 Å². The smallest absolute Gasteiger partial charge is 0.295 e. The lowest BCUT2D eigenvalue weighted by Crippen LogP contribution is -2.38. The molecule has 29 heavy (non-hydrogen) atoms. The summed E-state index contributed by atoms with van der Waals surface area (Å²) in [6.45, 7) is 6.66. The molecule has 2 aromatic rings. The summed E-state index contributed by atoms with van der Waals surface area (Å²) in [7, 11) is 0. The van der Waals surface area contributed by atoms with Gasteiger partial charge in [-0.3, -0.25) is 14.6 Å². The van der Waals surface area contributed by atoms with E-state index in [1.54, 1.807) is 24.3 Å². The third-order valence-corrected chi connectivity index (χ3v) is 5.23. The highest BCUT2D eigenvalue weighted by atomic mass is 16.3. The summed E-state index contributed by atoms with van der Waals surface area (Å²) in [5, 5.41) is 20.8. The minimum absolute atomic E-state index is 0.0198. The Bertz CT molecular complexity index is 923. The number of aromatic hydroxyl groups is 1. The first-order chi connectivity index (χ1) is 14.0. The second-order valence-electron chi connectivity index (χ2n) is 6.85. The van der Waals surface area contributed by atoms with E-state index >= 15 is 0 Å². The molecule has 0 aliphatic carbocycles. The number of hydrogen-bond donors (Lipinski definition) is 2. The predicted molar refractivity (Wildman–Crippen MR) is 109 cm³/mol. The van der Waals surface area contributed by atoms with Gasteiger partial charge in [0.1, 0.15) is 11.5 Å². The summed E-state index contributed by atoms with van der Waals surface area (Å²) in [6, 6.07) is 8.82. The van der Waals surface area contributed by atoms with Crippen LogP contribution < -0.4 is 0 Å². The summed E-state index contributed by atoms with van der Waals surface area (Å²) in [5.41, 5.74) is 0.998. The van der Waals surface area contributed by atoms with E-state index in [0.717, 1.165) is 13.1 Å². The minimum Gasteiger partial charge on any atom is -0.508 e. The first-order valence-electron chi connectivity index (χ1n) is 9.68. The normalized spacial score (nSPS) is 18.6. The summed E-state index contributed by atoms with van der Waals surface area (Å²) < 4.78 is 0. The van der Waals surface area contributed by atoms with E-state index in [9.17, 15) is 19.8 Å². The van der Waals surface area contributed by atoms with Crippen molar-refractivity contribution in [1.82, 2.24) is 14.8 Å². The summed E-state index contributed by atoms with van der Waals surface area (Å²) in [5.74, 6) is -1.60. The molecule has 7 nitrogen and oxygen atoms in total. The van der Waals surface area contributed by atoms with E-state index in [1.807, 2.05) is 13.8 Å². The van der Waals surface area contributed by atoms with Crippen LogP contribution in [0.25, 0.3) is 5.76 Å². The number of likely N-dealkylation sites (tertiary alicyclic amines) is 1. The summed E-state index contributed by atoms with van der Waals surface area (Å²) in [6.07, 6.45) is 3.02. The van der Waals surface area contributed by atoms with Gasteiger partial charge >= 0.3 is 0 Å². The minimum atomic E-state index is -0.772. The van der Waals surface area contributed by atoms with Gasteiger partial charge < -0.3 is 20.0 Å². The molecule has 0 radical (unpaired) electrons. The quantitative estimate of drug-likeness (QED) is 0.425. The number of hydrogen-bond acceptors (Lipinski definition) is 6. The van der Waals surface area contributed by atoms with E-state index in [2.05, 4.69) is 9.88 Å². The maximum Gasteiger partial charge on any atom is 0.295 e. The van der Waals surface area contributed by atoms with Crippen LogP contribution in [0.2, 0.25) is 0 Å². The van der Waals surface area contributed by atoms with Crippen molar-refractivity contribution in [1.29, 1.82) is 0 Å². The van der Waals surface area contributed by atoms with E-state index < -0.39 is 17.7 Å². The second-order valence-corrected chi connectivity index (χ2v) is 6.85. The Kier molecular flexibility index (Phi) is 6.29. The zero-order valence-corrected chi connectivity index (χ0v) is 16.6. The Balaban J connectivity index is 2.09. The molecule has 152 valence electrons. The highest BCUT2D eigenvalue weighted by Gasteiger charge is 2.46. The monoisotopic (exact) mass is 395 g/mol. The Morgan fingerprint density at radius 1 is 1.14 bits per heavy atom. The van der Waals surface area contributed by atoms with E-state index in [4.69, 9.17) is 0 Å². The number of aliphatic hydroxyl groups excluding tert-OH is 1. The molecule has 1 aromatic carbocycles. The summed E-state index contributed by atoms with van der Waals surface area (Å²) >= 11 is 0. The van der Waals surface area contributed by atoms with Crippen LogP contribution in [0.15, 0.2) is 54.4 Å². The third-order valence-electron chi connectivity index (χ3n) is 5.23. The number of phenols is 1. The highest BCUT2D eigenvalue weighted by Crippen LogP contribution is 2.39. The molecule has 3 rings (SSSR count). The van der Waals surface area contributed by atoms with Crippen molar-refractivity contribution in [2.75, 3.05) is 26.2 Å². The van der Waals surface area contributed by atoms with Crippen molar-refractivity contribution < 1.29 is 19.8 Å². The molecule has 2 heterocycles. The molecule has 1 fully saturated rings. The molecule has 0 spiro atoms. The molecule has 1 amide bonds. The Morgan fingerprint density at radius 3 is 2.45 bits per heavy atom. The Morgan fingerprint density at radius 2 is 1.83 bits per heavy atom. The molecule has 1 saturated heterocycles. The van der Waals surface area contributed by atoms with Crippen LogP contribution >= 0.6 is 0 Å². The van der Waals surface area contributed by atoms with Crippen molar-refractivity contribution in [3.63, 3.8) is 0 Å². The Labute approximate surface area is 169 Å². The number of carbonyl (C=O) groups excluding carboxylic acids is 2. The third kappa shape index (κ3) is 4.14. The number of benzene rings is 1. The molecular weight excluding hydrogens is 370 g/mol. The first-order valence-corrected chi connectivity index (χ1v) is 9.68. The van der Waals surface area contributed by atoms with Gasteiger partial charge in [0.25, 0.3) is 11.7 Å². The number of amides is 1. The van der Waals surface area contributed by atoms with Gasteiger partial charge in [-0.15, -0.1) is 0 Å². The fourth-order valence-electron chi connectivity index (χ4n) is 3.61. The molecule has 2 N–H and O–H groups in total. The van der Waals surface area contributed by atoms with Gasteiger partial charge in [-0.2, -0.15) is 0 Å². The van der Waals surface area contributed by atoms with E-state index in [1.165, 1.54) is 29.4 Å². The lowest BCUT2D eigenvalue weighted by atomic mass is 9.95. The fourth-order valence-corrected chi connectivity index (χ4v) is 3.61. The fraction of sp³-hybridized carbons (Fsp3) is 0.318. The van der Waals surface area contributed by atoms with Crippen molar-refractivity contribution >= 4 is 17.4 Å². The van der Waals surface area contributed by atoms with Gasteiger partial charge in [0.15, 0.2) is 0 Å². The first kappa shape index (κ1) is 20.5. The molecule has 1 atom stereocenters. The molecule has 1 aromatic heterocycles. The van der Waals surface area contributed by atoms with E-state index in [0.29, 0.717) is 24.2 Å². The topological polar surface area (TPSA) is 94.0 Å². The molecule has 1 aliphatic heterocycles. The van der Waals surface area contributed by atoms with E-state index in [-0.39, 0.29) is 17.1 Å². The number of nitrogens with zero attached hydrogens (tertiary/aromatic N) is 3. The lowest BCUT2D eigenvalue weighted by molar-refractivity contribution is -0.140. The number of Topliss-reactive ketones (excluding diaryl/α,β-unsaturated/α-hetero) is 1. The van der Waals surface area contributed by atoms with Crippen LogP contribution in [0, 0.1) is 0 Å².